The monoisotopic (exact) mass is 308 g/mol. The summed E-state index contributed by atoms with van der Waals surface area (Å²) >= 11 is 0. The summed E-state index contributed by atoms with van der Waals surface area (Å²) < 4.78 is 5.56. The zero-order valence-electron chi connectivity index (χ0n) is 12.6. The number of amides is 1. The van der Waals surface area contributed by atoms with Crippen molar-refractivity contribution in [2.75, 3.05) is 11.9 Å². The van der Waals surface area contributed by atoms with Gasteiger partial charge in [0.2, 0.25) is 5.56 Å². The van der Waals surface area contributed by atoms with Crippen LogP contribution in [0, 0.1) is 6.92 Å². The number of fused-ring (bicyclic) bond motifs is 1. The first-order valence-corrected chi connectivity index (χ1v) is 7.23. The zero-order chi connectivity index (χ0) is 16.2. The fourth-order valence-electron chi connectivity index (χ4n) is 2.33. The third kappa shape index (κ3) is 3.58. The molecule has 5 heteroatoms. The molecule has 0 aliphatic heterocycles. The smallest absolute Gasteiger partial charge is 0.262 e. The van der Waals surface area contributed by atoms with Crippen LogP contribution in [-0.2, 0) is 4.79 Å². The highest BCUT2D eigenvalue weighted by atomic mass is 16.5. The fraction of sp³-hybridized carbons (Fsp3) is 0.111. The number of hydrogen-bond acceptors (Lipinski definition) is 3. The quantitative estimate of drug-likeness (QED) is 0.778. The minimum atomic E-state index is -0.258. The molecule has 0 saturated carbocycles. The highest BCUT2D eigenvalue weighted by molar-refractivity contribution is 5.92. The molecule has 0 radical (unpaired) electrons. The highest BCUT2D eigenvalue weighted by Gasteiger charge is 2.07. The Hall–Kier alpha value is -3.08. The van der Waals surface area contributed by atoms with Crippen LogP contribution in [0.25, 0.3) is 10.9 Å². The highest BCUT2D eigenvalue weighted by Crippen LogP contribution is 2.22. The van der Waals surface area contributed by atoms with Gasteiger partial charge >= 0.3 is 0 Å². The van der Waals surface area contributed by atoms with Gasteiger partial charge in [0.25, 0.3) is 5.91 Å². The SMILES string of the molecule is Cc1cccc(NC(=O)COc2cccc3ccc(=O)[nH]c23)c1. The second kappa shape index (κ2) is 6.36. The summed E-state index contributed by atoms with van der Waals surface area (Å²) in [6.07, 6.45) is 0. The van der Waals surface area contributed by atoms with Gasteiger partial charge < -0.3 is 15.0 Å². The molecule has 23 heavy (non-hydrogen) atoms. The number of ether oxygens (including phenoxy) is 1. The van der Waals surface area contributed by atoms with Crippen LogP contribution in [0.15, 0.2) is 59.4 Å². The summed E-state index contributed by atoms with van der Waals surface area (Å²) in [5.41, 5.74) is 2.17. The molecule has 5 nitrogen and oxygen atoms in total. The molecule has 0 spiro atoms. The van der Waals surface area contributed by atoms with Crippen LogP contribution < -0.4 is 15.6 Å². The van der Waals surface area contributed by atoms with Crippen molar-refractivity contribution in [1.82, 2.24) is 4.98 Å². The summed E-state index contributed by atoms with van der Waals surface area (Å²) in [7, 11) is 0. The number of benzene rings is 2. The Balaban J connectivity index is 1.72. The number of pyridine rings is 1. The maximum Gasteiger partial charge on any atom is 0.262 e. The van der Waals surface area contributed by atoms with Gasteiger partial charge in [-0.15, -0.1) is 0 Å². The molecule has 0 bridgehead atoms. The average molecular weight is 308 g/mol. The largest absolute Gasteiger partial charge is 0.482 e. The van der Waals surface area contributed by atoms with Gasteiger partial charge in [0.1, 0.15) is 5.75 Å². The van der Waals surface area contributed by atoms with Gasteiger partial charge in [0.15, 0.2) is 6.61 Å². The van der Waals surface area contributed by atoms with Crippen molar-refractivity contribution < 1.29 is 9.53 Å². The molecule has 0 unspecified atom stereocenters. The Morgan fingerprint density at radius 2 is 1.96 bits per heavy atom. The Labute approximate surface area is 132 Å². The van der Waals surface area contributed by atoms with Crippen molar-refractivity contribution in [3.63, 3.8) is 0 Å². The molecule has 116 valence electrons. The van der Waals surface area contributed by atoms with Gasteiger partial charge in [-0.3, -0.25) is 9.59 Å². The topological polar surface area (TPSA) is 71.2 Å². The number of H-pyrrole nitrogens is 1. The number of hydrogen-bond donors (Lipinski definition) is 2. The molecule has 0 saturated heterocycles. The second-order valence-corrected chi connectivity index (χ2v) is 5.25. The molecule has 0 aliphatic rings. The number of carbonyl (C=O) groups is 1. The lowest BCUT2D eigenvalue weighted by Gasteiger charge is -2.10. The fourth-order valence-corrected chi connectivity index (χ4v) is 2.33. The van der Waals surface area contributed by atoms with Gasteiger partial charge in [-0.05, 0) is 36.8 Å². The molecule has 2 aromatic carbocycles. The summed E-state index contributed by atoms with van der Waals surface area (Å²) in [4.78, 5) is 26.2. The van der Waals surface area contributed by atoms with Gasteiger partial charge in [-0.1, -0.05) is 24.3 Å². The minimum Gasteiger partial charge on any atom is -0.482 e. The number of aryl methyl sites for hydroxylation is 1. The maximum atomic E-state index is 12.0. The van der Waals surface area contributed by atoms with Crippen molar-refractivity contribution in [2.45, 2.75) is 6.92 Å². The number of carbonyl (C=O) groups excluding carboxylic acids is 1. The van der Waals surface area contributed by atoms with Gasteiger partial charge in [0, 0.05) is 17.1 Å². The van der Waals surface area contributed by atoms with Crippen LogP contribution >= 0.6 is 0 Å². The summed E-state index contributed by atoms with van der Waals surface area (Å²) in [6.45, 7) is 1.82. The number of nitrogens with one attached hydrogen (secondary N) is 2. The first-order valence-electron chi connectivity index (χ1n) is 7.23. The lowest BCUT2D eigenvalue weighted by Crippen LogP contribution is -2.20. The summed E-state index contributed by atoms with van der Waals surface area (Å²) in [6, 6.07) is 16.1. The first-order chi connectivity index (χ1) is 11.1. The van der Waals surface area contributed by atoms with Crippen LogP contribution in [0.1, 0.15) is 5.56 Å². The van der Waals surface area contributed by atoms with Crippen molar-refractivity contribution >= 4 is 22.5 Å². The van der Waals surface area contributed by atoms with Crippen molar-refractivity contribution in [1.29, 1.82) is 0 Å². The molecule has 0 aliphatic carbocycles. The molecule has 1 heterocycles. The van der Waals surface area contributed by atoms with E-state index in [1.165, 1.54) is 6.07 Å². The van der Waals surface area contributed by atoms with Crippen molar-refractivity contribution in [3.8, 4) is 5.75 Å². The van der Waals surface area contributed by atoms with E-state index in [0.29, 0.717) is 11.3 Å². The van der Waals surface area contributed by atoms with Crippen LogP contribution in [0.4, 0.5) is 5.69 Å². The van der Waals surface area contributed by atoms with E-state index in [1.807, 2.05) is 43.3 Å². The van der Waals surface area contributed by atoms with Crippen LogP contribution in [0.3, 0.4) is 0 Å². The van der Waals surface area contributed by atoms with Crippen molar-refractivity contribution in [3.05, 3.63) is 70.5 Å². The van der Waals surface area contributed by atoms with E-state index in [9.17, 15) is 9.59 Å². The zero-order valence-corrected chi connectivity index (χ0v) is 12.6. The Kier molecular flexibility index (Phi) is 4.10. The molecule has 0 atom stereocenters. The molecular weight excluding hydrogens is 292 g/mol. The lowest BCUT2D eigenvalue weighted by atomic mass is 10.2. The van der Waals surface area contributed by atoms with Crippen LogP contribution in [0.2, 0.25) is 0 Å². The van der Waals surface area contributed by atoms with E-state index >= 15 is 0 Å². The van der Waals surface area contributed by atoms with Crippen molar-refractivity contribution in [2.24, 2.45) is 0 Å². The van der Waals surface area contributed by atoms with E-state index < -0.39 is 0 Å². The van der Waals surface area contributed by atoms with Gasteiger partial charge in [-0.25, -0.2) is 0 Å². The third-order valence-corrected chi connectivity index (χ3v) is 3.38. The normalized spacial score (nSPS) is 10.5. The molecule has 1 amide bonds. The number of aromatic amines is 1. The Morgan fingerprint density at radius 1 is 1.13 bits per heavy atom. The second-order valence-electron chi connectivity index (χ2n) is 5.25. The predicted octanol–water partition coefficient (Wildman–Crippen LogP) is 2.85. The Morgan fingerprint density at radius 3 is 2.78 bits per heavy atom. The lowest BCUT2D eigenvalue weighted by molar-refractivity contribution is -0.118. The first kappa shape index (κ1) is 14.8. The van der Waals surface area contributed by atoms with E-state index in [0.717, 1.165) is 16.6 Å². The van der Waals surface area contributed by atoms with Gasteiger partial charge in [-0.2, -0.15) is 0 Å². The molecule has 3 rings (SSSR count). The molecule has 2 N–H and O–H groups in total. The molecule has 0 fully saturated rings. The Bertz CT molecular complexity index is 915. The van der Waals surface area contributed by atoms with E-state index in [-0.39, 0.29) is 18.1 Å². The number of para-hydroxylation sites is 1. The van der Waals surface area contributed by atoms with Gasteiger partial charge in [0.05, 0.1) is 5.52 Å². The molecular formula is C18H16N2O3. The minimum absolute atomic E-state index is 0.135. The maximum absolute atomic E-state index is 12.0. The average Bonchev–Trinajstić information content (AvgIpc) is 2.53. The molecule has 1 aromatic heterocycles. The number of aromatic nitrogens is 1. The van der Waals surface area contributed by atoms with E-state index in [1.54, 1.807) is 12.1 Å². The van der Waals surface area contributed by atoms with Crippen LogP contribution in [-0.4, -0.2) is 17.5 Å². The summed E-state index contributed by atoms with van der Waals surface area (Å²) in [5, 5.41) is 3.62. The van der Waals surface area contributed by atoms with E-state index in [2.05, 4.69) is 10.3 Å². The van der Waals surface area contributed by atoms with Crippen LogP contribution in [0.5, 0.6) is 5.75 Å². The molecule has 3 aromatic rings. The standard InChI is InChI=1S/C18H16N2O3/c1-12-4-2-6-14(10-12)19-17(22)11-23-15-7-3-5-13-8-9-16(21)20-18(13)15/h2-10H,11H2,1H3,(H,19,22)(H,20,21). The summed E-state index contributed by atoms with van der Waals surface area (Å²) in [5.74, 6) is 0.213. The third-order valence-electron chi connectivity index (χ3n) is 3.38. The predicted molar refractivity (Wildman–Crippen MR) is 89.9 cm³/mol. The van der Waals surface area contributed by atoms with E-state index in [4.69, 9.17) is 4.74 Å². The number of rotatable bonds is 4. The number of anilines is 1.